The Labute approximate surface area is 225 Å². The third-order valence-electron chi connectivity index (χ3n) is 6.04. The number of nitrogens with one attached hydrogen (secondary N) is 2. The molecule has 2 aromatic carbocycles. The topological polar surface area (TPSA) is 76.0 Å². The van der Waals surface area contributed by atoms with E-state index in [4.69, 9.17) is 11.6 Å². The maximum atomic E-state index is 13.3. The van der Waals surface area contributed by atoms with Crippen LogP contribution < -0.4 is 10.6 Å². The van der Waals surface area contributed by atoms with Crippen LogP contribution in [0, 0.1) is 6.92 Å². The Kier molecular flexibility index (Phi) is 8.99. The van der Waals surface area contributed by atoms with E-state index >= 15 is 0 Å². The van der Waals surface area contributed by atoms with E-state index in [1.807, 2.05) is 13.8 Å². The molecule has 2 N–H and O–H groups in total. The molecular weight excluding hydrogens is 550 g/mol. The van der Waals surface area contributed by atoms with Gasteiger partial charge in [-0.3, -0.25) is 14.3 Å². The number of hydrogen-bond donors (Lipinski definition) is 2. The zero-order chi connectivity index (χ0) is 29.1. The van der Waals surface area contributed by atoms with Crippen LogP contribution in [0.15, 0.2) is 42.5 Å². The number of aromatic nitrogens is 2. The molecule has 13 heteroatoms. The molecule has 0 aliphatic carbocycles. The van der Waals surface area contributed by atoms with Gasteiger partial charge < -0.3 is 10.6 Å². The first-order valence-corrected chi connectivity index (χ1v) is 12.3. The molecule has 3 aromatic rings. The third kappa shape index (κ3) is 7.11. The number of aryl methyl sites for hydroxylation is 1. The SMILES string of the molecule is CCC(CC)NC(=O)c1c(Cl)cccc1C(=O)Nc1ccc(Cn2nc(C(F)(F)F)cc2C(F)(F)F)cc1C. The smallest absolute Gasteiger partial charge is 0.349 e. The quantitative estimate of drug-likeness (QED) is 0.282. The van der Waals surface area contributed by atoms with E-state index in [0.717, 1.165) is 0 Å². The number of halogens is 7. The van der Waals surface area contributed by atoms with Crippen LogP contribution in [-0.2, 0) is 18.9 Å². The summed E-state index contributed by atoms with van der Waals surface area (Å²) < 4.78 is 79.1. The van der Waals surface area contributed by atoms with E-state index < -0.39 is 42.1 Å². The summed E-state index contributed by atoms with van der Waals surface area (Å²) in [6.45, 7) is 4.79. The number of nitrogens with zero attached hydrogens (tertiary/aromatic N) is 2. The molecule has 0 saturated carbocycles. The van der Waals surface area contributed by atoms with Crippen LogP contribution in [0.4, 0.5) is 32.0 Å². The molecule has 0 unspecified atom stereocenters. The molecule has 0 fully saturated rings. The second kappa shape index (κ2) is 11.7. The largest absolute Gasteiger partial charge is 0.435 e. The van der Waals surface area contributed by atoms with Gasteiger partial charge in [0.1, 0.15) is 5.69 Å². The summed E-state index contributed by atoms with van der Waals surface area (Å²) in [5.41, 5.74) is -2.26. The molecule has 0 atom stereocenters. The molecule has 210 valence electrons. The monoisotopic (exact) mass is 574 g/mol. The number of benzene rings is 2. The molecule has 1 aromatic heterocycles. The third-order valence-corrected chi connectivity index (χ3v) is 6.35. The average Bonchev–Trinajstić information content (AvgIpc) is 3.29. The highest BCUT2D eigenvalue weighted by Gasteiger charge is 2.41. The lowest BCUT2D eigenvalue weighted by Crippen LogP contribution is -2.35. The minimum absolute atomic E-state index is 0.00308. The lowest BCUT2D eigenvalue weighted by atomic mass is 10.0. The van der Waals surface area contributed by atoms with Crippen molar-refractivity contribution in [2.45, 2.75) is 58.6 Å². The van der Waals surface area contributed by atoms with Gasteiger partial charge in [-0.2, -0.15) is 31.4 Å². The first-order chi connectivity index (χ1) is 18.1. The van der Waals surface area contributed by atoms with Crippen molar-refractivity contribution >= 4 is 29.1 Å². The van der Waals surface area contributed by atoms with Crippen molar-refractivity contribution in [1.82, 2.24) is 15.1 Å². The molecule has 0 aliphatic heterocycles. The first-order valence-electron chi connectivity index (χ1n) is 11.9. The Morgan fingerprint density at radius 2 is 1.64 bits per heavy atom. The average molecular weight is 575 g/mol. The van der Waals surface area contributed by atoms with Gasteiger partial charge in [0.15, 0.2) is 5.69 Å². The van der Waals surface area contributed by atoms with Crippen molar-refractivity contribution in [2.24, 2.45) is 0 Å². The molecule has 0 spiro atoms. The predicted octanol–water partition coefficient (Wildman–Crippen LogP) is 7.10. The van der Waals surface area contributed by atoms with Gasteiger partial charge in [0, 0.05) is 17.8 Å². The van der Waals surface area contributed by atoms with E-state index in [1.54, 1.807) is 6.92 Å². The van der Waals surface area contributed by atoms with Crippen LogP contribution in [0.5, 0.6) is 0 Å². The molecule has 1 heterocycles. The summed E-state index contributed by atoms with van der Waals surface area (Å²) in [6, 6.07) is 8.45. The van der Waals surface area contributed by atoms with Gasteiger partial charge in [0.2, 0.25) is 0 Å². The molecule has 2 amide bonds. The molecular formula is C26H25ClF6N4O2. The van der Waals surface area contributed by atoms with E-state index in [-0.39, 0.29) is 44.2 Å². The summed E-state index contributed by atoms with van der Waals surface area (Å²) >= 11 is 6.25. The fraction of sp³-hybridized carbons (Fsp3) is 0.346. The predicted molar refractivity (Wildman–Crippen MR) is 134 cm³/mol. The maximum Gasteiger partial charge on any atom is 0.435 e. The number of anilines is 1. The van der Waals surface area contributed by atoms with Crippen LogP contribution in [0.25, 0.3) is 0 Å². The summed E-state index contributed by atoms with van der Waals surface area (Å²) in [6.07, 6.45) is -8.73. The molecule has 0 radical (unpaired) electrons. The Hall–Kier alpha value is -3.54. The van der Waals surface area contributed by atoms with Gasteiger partial charge in [0.25, 0.3) is 11.8 Å². The summed E-state index contributed by atoms with van der Waals surface area (Å²) in [7, 11) is 0. The van der Waals surface area contributed by atoms with Crippen LogP contribution in [0.3, 0.4) is 0 Å². The zero-order valence-corrected chi connectivity index (χ0v) is 21.9. The van der Waals surface area contributed by atoms with Gasteiger partial charge in [-0.25, -0.2) is 0 Å². The molecule has 39 heavy (non-hydrogen) atoms. The number of rotatable bonds is 8. The minimum atomic E-state index is -5.05. The van der Waals surface area contributed by atoms with Gasteiger partial charge in [-0.15, -0.1) is 0 Å². The Bertz CT molecular complexity index is 1360. The van der Waals surface area contributed by atoms with Crippen molar-refractivity contribution in [2.75, 3.05) is 5.32 Å². The van der Waals surface area contributed by atoms with Crippen molar-refractivity contribution in [3.05, 3.63) is 81.1 Å². The summed E-state index contributed by atoms with van der Waals surface area (Å²) in [4.78, 5) is 26.0. The second-order valence-electron chi connectivity index (χ2n) is 8.82. The van der Waals surface area contributed by atoms with Crippen LogP contribution in [0.2, 0.25) is 5.02 Å². The summed E-state index contributed by atoms with van der Waals surface area (Å²) in [5, 5.41) is 8.67. The van der Waals surface area contributed by atoms with Crippen molar-refractivity contribution in [1.29, 1.82) is 0 Å². The molecule has 6 nitrogen and oxygen atoms in total. The zero-order valence-electron chi connectivity index (χ0n) is 21.1. The van der Waals surface area contributed by atoms with Gasteiger partial charge in [-0.05, 0) is 49.1 Å². The van der Waals surface area contributed by atoms with E-state index in [0.29, 0.717) is 18.4 Å². The highest BCUT2D eigenvalue weighted by molar-refractivity contribution is 6.35. The highest BCUT2D eigenvalue weighted by Crippen LogP contribution is 2.35. The maximum absolute atomic E-state index is 13.3. The van der Waals surface area contributed by atoms with E-state index in [9.17, 15) is 35.9 Å². The van der Waals surface area contributed by atoms with Crippen molar-refractivity contribution in [3.63, 3.8) is 0 Å². The van der Waals surface area contributed by atoms with Crippen molar-refractivity contribution in [3.8, 4) is 0 Å². The molecule has 0 saturated heterocycles. The number of alkyl halides is 6. The highest BCUT2D eigenvalue weighted by atomic mass is 35.5. The van der Waals surface area contributed by atoms with Gasteiger partial charge in [0.05, 0.1) is 22.7 Å². The number of carbonyl (C=O) groups excluding carboxylic acids is 2. The number of hydrogen-bond acceptors (Lipinski definition) is 3. The standard InChI is InChI=1S/C26H25ClF6N4O2/c1-4-16(5-2)34-24(39)22-17(7-6-8-18(22)27)23(38)35-19-10-9-15(11-14(19)3)13-37-21(26(31,32)33)12-20(36-37)25(28,29)30/h6-12,16H,4-5,13H2,1-3H3,(H,34,39)(H,35,38). The van der Waals surface area contributed by atoms with E-state index in [2.05, 4.69) is 15.7 Å². The fourth-order valence-electron chi connectivity index (χ4n) is 3.93. The van der Waals surface area contributed by atoms with Crippen LogP contribution in [0.1, 0.15) is 69.9 Å². The summed E-state index contributed by atoms with van der Waals surface area (Å²) in [5.74, 6) is -1.16. The fourth-order valence-corrected chi connectivity index (χ4v) is 4.19. The lowest BCUT2D eigenvalue weighted by Gasteiger charge is -2.18. The Balaban J connectivity index is 1.85. The first kappa shape index (κ1) is 30.0. The van der Waals surface area contributed by atoms with Crippen molar-refractivity contribution < 1.29 is 35.9 Å². The second-order valence-corrected chi connectivity index (χ2v) is 9.23. The number of carbonyl (C=O) groups is 2. The van der Waals surface area contributed by atoms with Gasteiger partial charge in [-0.1, -0.05) is 43.6 Å². The van der Waals surface area contributed by atoms with Crippen LogP contribution in [-0.4, -0.2) is 27.6 Å². The van der Waals surface area contributed by atoms with Crippen LogP contribution >= 0.6 is 11.6 Å². The van der Waals surface area contributed by atoms with Gasteiger partial charge >= 0.3 is 12.4 Å². The van der Waals surface area contributed by atoms with E-state index in [1.165, 1.54) is 36.4 Å². The Morgan fingerprint density at radius 3 is 2.21 bits per heavy atom. The normalized spacial score (nSPS) is 12.1. The molecule has 3 rings (SSSR count). The number of amides is 2. The minimum Gasteiger partial charge on any atom is -0.349 e. The molecule has 0 bridgehead atoms. The Morgan fingerprint density at radius 1 is 0.974 bits per heavy atom. The molecule has 0 aliphatic rings. The lowest BCUT2D eigenvalue weighted by molar-refractivity contribution is -0.144.